The summed E-state index contributed by atoms with van der Waals surface area (Å²) in [6.45, 7) is 1.05. The Morgan fingerprint density at radius 2 is 2.05 bits per heavy atom. The zero-order chi connectivity index (χ0) is 13.7. The van der Waals surface area contributed by atoms with Gasteiger partial charge >= 0.3 is 0 Å². The normalized spacial score (nSPS) is 10.3. The molecule has 19 heavy (non-hydrogen) atoms. The lowest BCUT2D eigenvalue weighted by molar-refractivity contribution is 0.331. The van der Waals surface area contributed by atoms with Crippen molar-refractivity contribution in [3.8, 4) is 5.75 Å². The number of hydrogen-bond acceptors (Lipinski definition) is 2. The molecule has 0 aromatic heterocycles. The first-order valence-electron chi connectivity index (χ1n) is 5.72. The average molecular weight is 345 g/mol. The van der Waals surface area contributed by atoms with Crippen molar-refractivity contribution >= 4 is 33.2 Å². The average Bonchev–Trinajstić information content (AvgIpc) is 2.37. The van der Waals surface area contributed by atoms with Gasteiger partial charge in [-0.25, -0.2) is 4.39 Å². The first kappa shape index (κ1) is 14.2. The Labute approximate surface area is 124 Å². The highest BCUT2D eigenvalue weighted by molar-refractivity contribution is 9.10. The van der Waals surface area contributed by atoms with Gasteiger partial charge in [-0.1, -0.05) is 17.7 Å². The van der Waals surface area contributed by atoms with Crippen LogP contribution in [0.2, 0.25) is 5.02 Å². The summed E-state index contributed by atoms with van der Waals surface area (Å²) in [7, 11) is 0. The molecular formula is C14H12BrClFNO. The molecule has 2 aromatic carbocycles. The molecule has 2 aromatic rings. The molecule has 0 atom stereocenters. The van der Waals surface area contributed by atoms with E-state index in [1.165, 1.54) is 12.1 Å². The quantitative estimate of drug-likeness (QED) is 0.792. The van der Waals surface area contributed by atoms with Gasteiger partial charge in [-0.05, 0) is 52.3 Å². The molecule has 0 aliphatic carbocycles. The van der Waals surface area contributed by atoms with Crippen LogP contribution in [0, 0.1) is 5.82 Å². The summed E-state index contributed by atoms with van der Waals surface area (Å²) in [5, 5.41) is 3.73. The van der Waals surface area contributed by atoms with E-state index in [9.17, 15) is 4.39 Å². The predicted octanol–water partition coefficient (Wildman–Crippen LogP) is 4.73. The van der Waals surface area contributed by atoms with E-state index in [1.54, 1.807) is 30.3 Å². The topological polar surface area (TPSA) is 21.3 Å². The van der Waals surface area contributed by atoms with E-state index in [1.807, 2.05) is 0 Å². The molecule has 100 valence electrons. The molecule has 2 nitrogen and oxygen atoms in total. The van der Waals surface area contributed by atoms with E-state index in [2.05, 4.69) is 21.2 Å². The Morgan fingerprint density at radius 1 is 1.21 bits per heavy atom. The zero-order valence-corrected chi connectivity index (χ0v) is 12.3. The summed E-state index contributed by atoms with van der Waals surface area (Å²) in [6, 6.07) is 11.7. The van der Waals surface area contributed by atoms with E-state index in [4.69, 9.17) is 16.3 Å². The molecule has 2 rings (SSSR count). The van der Waals surface area contributed by atoms with Crippen molar-refractivity contribution in [3.63, 3.8) is 0 Å². The van der Waals surface area contributed by atoms with Crippen molar-refractivity contribution in [2.45, 2.75) is 0 Å². The molecule has 0 aliphatic heterocycles. The van der Waals surface area contributed by atoms with Crippen LogP contribution in [0.3, 0.4) is 0 Å². The van der Waals surface area contributed by atoms with Crippen molar-refractivity contribution in [1.29, 1.82) is 0 Å². The monoisotopic (exact) mass is 343 g/mol. The van der Waals surface area contributed by atoms with Crippen LogP contribution in [0.4, 0.5) is 10.1 Å². The molecule has 0 fully saturated rings. The number of halogens is 3. The molecule has 0 spiro atoms. The molecule has 0 saturated heterocycles. The van der Waals surface area contributed by atoms with Crippen LogP contribution in [0.1, 0.15) is 0 Å². The van der Waals surface area contributed by atoms with Crippen LogP contribution < -0.4 is 10.1 Å². The number of anilines is 1. The van der Waals surface area contributed by atoms with Gasteiger partial charge in [0, 0.05) is 17.3 Å². The second-order valence-electron chi connectivity index (χ2n) is 3.86. The molecule has 0 bridgehead atoms. The van der Waals surface area contributed by atoms with Crippen LogP contribution in [-0.4, -0.2) is 13.2 Å². The second-order valence-corrected chi connectivity index (χ2v) is 5.15. The fraction of sp³-hybridized carbons (Fsp3) is 0.143. The van der Waals surface area contributed by atoms with E-state index in [-0.39, 0.29) is 5.82 Å². The Hall–Kier alpha value is -1.26. The van der Waals surface area contributed by atoms with Crippen LogP contribution >= 0.6 is 27.5 Å². The van der Waals surface area contributed by atoms with Gasteiger partial charge in [0.1, 0.15) is 18.2 Å². The van der Waals surface area contributed by atoms with Crippen LogP contribution in [0.5, 0.6) is 5.75 Å². The molecule has 0 radical (unpaired) electrons. The van der Waals surface area contributed by atoms with Crippen molar-refractivity contribution < 1.29 is 9.13 Å². The number of ether oxygens (including phenoxy) is 1. The zero-order valence-electron chi connectivity index (χ0n) is 10.00. The van der Waals surface area contributed by atoms with Crippen molar-refractivity contribution in [2.75, 3.05) is 18.5 Å². The number of rotatable bonds is 5. The number of hydrogen-bond donors (Lipinski definition) is 1. The minimum absolute atomic E-state index is 0.258. The maximum Gasteiger partial charge on any atom is 0.133 e. The van der Waals surface area contributed by atoms with Crippen LogP contribution in [0.15, 0.2) is 46.9 Å². The highest BCUT2D eigenvalue weighted by Crippen LogP contribution is 2.27. The molecular weight excluding hydrogens is 333 g/mol. The molecule has 0 saturated carbocycles. The highest BCUT2D eigenvalue weighted by Gasteiger charge is 2.01. The van der Waals surface area contributed by atoms with Gasteiger partial charge in [-0.15, -0.1) is 0 Å². The molecule has 0 heterocycles. The molecule has 1 N–H and O–H groups in total. The lowest BCUT2D eigenvalue weighted by Crippen LogP contribution is -2.11. The van der Waals surface area contributed by atoms with Gasteiger partial charge in [0.2, 0.25) is 0 Å². The van der Waals surface area contributed by atoms with Gasteiger partial charge in [0.05, 0.1) is 4.47 Å². The maximum atomic E-state index is 12.9. The summed E-state index contributed by atoms with van der Waals surface area (Å²) in [4.78, 5) is 0. The lowest BCUT2D eigenvalue weighted by atomic mass is 10.3. The van der Waals surface area contributed by atoms with Gasteiger partial charge in [0.25, 0.3) is 0 Å². The fourth-order valence-corrected chi connectivity index (χ4v) is 2.34. The van der Waals surface area contributed by atoms with E-state index in [0.29, 0.717) is 18.2 Å². The summed E-state index contributed by atoms with van der Waals surface area (Å²) in [6.07, 6.45) is 0. The minimum atomic E-state index is -0.258. The second kappa shape index (κ2) is 6.78. The lowest BCUT2D eigenvalue weighted by Gasteiger charge is -2.10. The van der Waals surface area contributed by atoms with Crippen LogP contribution in [-0.2, 0) is 0 Å². The smallest absolute Gasteiger partial charge is 0.133 e. The van der Waals surface area contributed by atoms with Crippen molar-refractivity contribution in [2.24, 2.45) is 0 Å². The fourth-order valence-electron chi connectivity index (χ4n) is 1.55. The third-order valence-electron chi connectivity index (χ3n) is 2.41. The molecule has 0 aliphatic rings. The van der Waals surface area contributed by atoms with Gasteiger partial charge in [0.15, 0.2) is 0 Å². The van der Waals surface area contributed by atoms with E-state index < -0.39 is 0 Å². The predicted molar refractivity (Wildman–Crippen MR) is 79.5 cm³/mol. The number of nitrogens with one attached hydrogen (secondary N) is 1. The SMILES string of the molecule is Fc1cccc(NCCOc2ccc(Cl)cc2Br)c1. The summed E-state index contributed by atoms with van der Waals surface area (Å²) >= 11 is 9.21. The highest BCUT2D eigenvalue weighted by atomic mass is 79.9. The third-order valence-corrected chi connectivity index (χ3v) is 3.26. The Balaban J connectivity index is 1.81. The van der Waals surface area contributed by atoms with Crippen molar-refractivity contribution in [1.82, 2.24) is 0 Å². The van der Waals surface area contributed by atoms with Gasteiger partial charge in [-0.2, -0.15) is 0 Å². The summed E-state index contributed by atoms with van der Waals surface area (Å²) in [5.74, 6) is 0.469. The Kier molecular flexibility index (Phi) is 5.05. The van der Waals surface area contributed by atoms with Crippen molar-refractivity contribution in [3.05, 3.63) is 57.8 Å². The first-order chi connectivity index (χ1) is 9.15. The molecule has 0 unspecified atom stereocenters. The third kappa shape index (κ3) is 4.40. The standard InChI is InChI=1S/C14H12BrClFNO/c15-13-8-10(16)4-5-14(13)19-7-6-18-12-3-1-2-11(17)9-12/h1-5,8-9,18H,6-7H2. The summed E-state index contributed by atoms with van der Waals surface area (Å²) < 4.78 is 19.3. The van der Waals surface area contributed by atoms with Crippen LogP contribution in [0.25, 0.3) is 0 Å². The maximum absolute atomic E-state index is 12.9. The largest absolute Gasteiger partial charge is 0.491 e. The number of benzene rings is 2. The Morgan fingerprint density at radius 3 is 2.79 bits per heavy atom. The molecule has 5 heteroatoms. The van der Waals surface area contributed by atoms with E-state index in [0.717, 1.165) is 15.9 Å². The van der Waals surface area contributed by atoms with E-state index >= 15 is 0 Å². The first-order valence-corrected chi connectivity index (χ1v) is 6.89. The molecule has 0 amide bonds. The Bertz CT molecular complexity index is 565. The van der Waals surface area contributed by atoms with Gasteiger partial charge < -0.3 is 10.1 Å². The summed E-state index contributed by atoms with van der Waals surface area (Å²) in [5.41, 5.74) is 0.735. The minimum Gasteiger partial charge on any atom is -0.491 e. The van der Waals surface area contributed by atoms with Gasteiger partial charge in [-0.3, -0.25) is 0 Å².